The van der Waals surface area contributed by atoms with Crippen molar-refractivity contribution in [2.24, 2.45) is 5.92 Å². The van der Waals surface area contributed by atoms with E-state index in [1.807, 2.05) is 13.8 Å². The van der Waals surface area contributed by atoms with E-state index in [4.69, 9.17) is 4.74 Å². The molecule has 0 radical (unpaired) electrons. The number of hydrogen-bond donors (Lipinski definition) is 0. The molecule has 0 aliphatic heterocycles. The molecule has 0 saturated carbocycles. The van der Waals surface area contributed by atoms with E-state index < -0.39 is 4.92 Å². The van der Waals surface area contributed by atoms with E-state index in [2.05, 4.69) is 0 Å². The largest absolute Gasteiger partial charge is 0.465 e. The van der Waals surface area contributed by atoms with Gasteiger partial charge in [-0.2, -0.15) is 0 Å². The SMILES string of the molecule is CC(C)COC(=O)Cc1ccc([N+](=O)[O-])cc1. The fourth-order valence-electron chi connectivity index (χ4n) is 1.21. The lowest BCUT2D eigenvalue weighted by Crippen LogP contribution is -2.12. The fraction of sp³-hybridized carbons (Fsp3) is 0.417. The molecule has 92 valence electrons. The van der Waals surface area contributed by atoms with Crippen LogP contribution in [0, 0.1) is 16.0 Å². The third kappa shape index (κ3) is 4.63. The minimum Gasteiger partial charge on any atom is -0.465 e. The maximum absolute atomic E-state index is 11.4. The van der Waals surface area contributed by atoms with Crippen molar-refractivity contribution in [2.75, 3.05) is 6.61 Å². The summed E-state index contributed by atoms with van der Waals surface area (Å²) in [5.74, 6) is -0.0108. The summed E-state index contributed by atoms with van der Waals surface area (Å²) in [5.41, 5.74) is 0.730. The maximum Gasteiger partial charge on any atom is 0.310 e. The Labute approximate surface area is 99.5 Å². The maximum atomic E-state index is 11.4. The van der Waals surface area contributed by atoms with Crippen molar-refractivity contribution >= 4 is 11.7 Å². The van der Waals surface area contributed by atoms with Gasteiger partial charge in [0, 0.05) is 12.1 Å². The molecule has 5 nitrogen and oxygen atoms in total. The minimum absolute atomic E-state index is 0.0179. The number of ether oxygens (including phenoxy) is 1. The van der Waals surface area contributed by atoms with Crippen LogP contribution in [0.5, 0.6) is 0 Å². The lowest BCUT2D eigenvalue weighted by molar-refractivity contribution is -0.384. The highest BCUT2D eigenvalue weighted by Gasteiger charge is 2.08. The standard InChI is InChI=1S/C12H15NO4/c1-9(2)8-17-12(14)7-10-3-5-11(6-4-10)13(15)16/h3-6,9H,7-8H2,1-2H3. The number of nitrogens with zero attached hydrogens (tertiary/aromatic N) is 1. The lowest BCUT2D eigenvalue weighted by atomic mass is 10.1. The van der Waals surface area contributed by atoms with Crippen molar-refractivity contribution in [3.63, 3.8) is 0 Å². The summed E-state index contributed by atoms with van der Waals surface area (Å²) in [6.45, 7) is 4.31. The number of hydrogen-bond acceptors (Lipinski definition) is 4. The Bertz CT molecular complexity index is 397. The van der Waals surface area contributed by atoms with Crippen LogP contribution in [-0.4, -0.2) is 17.5 Å². The summed E-state index contributed by atoms with van der Waals surface area (Å²) in [6.07, 6.45) is 0.144. The molecule has 1 aromatic rings. The number of rotatable bonds is 5. The first-order chi connectivity index (χ1) is 7.99. The summed E-state index contributed by atoms with van der Waals surface area (Å²) < 4.78 is 5.01. The van der Waals surface area contributed by atoms with Crippen molar-refractivity contribution in [3.05, 3.63) is 39.9 Å². The normalized spacial score (nSPS) is 10.3. The van der Waals surface area contributed by atoms with Gasteiger partial charge in [-0.05, 0) is 11.5 Å². The molecule has 1 rings (SSSR count). The molecule has 0 spiro atoms. The first-order valence-corrected chi connectivity index (χ1v) is 5.38. The van der Waals surface area contributed by atoms with Crippen LogP contribution in [0.4, 0.5) is 5.69 Å². The van der Waals surface area contributed by atoms with Gasteiger partial charge in [-0.1, -0.05) is 26.0 Å². The molecule has 5 heteroatoms. The van der Waals surface area contributed by atoms with Crippen LogP contribution in [0.25, 0.3) is 0 Å². The number of non-ortho nitro benzene ring substituents is 1. The molecule has 0 bridgehead atoms. The molecular weight excluding hydrogens is 222 g/mol. The summed E-state index contributed by atoms with van der Waals surface area (Å²) in [4.78, 5) is 21.3. The van der Waals surface area contributed by atoms with E-state index in [9.17, 15) is 14.9 Å². The smallest absolute Gasteiger partial charge is 0.310 e. The summed E-state index contributed by atoms with van der Waals surface area (Å²) in [5, 5.41) is 10.4. The molecular formula is C12H15NO4. The highest BCUT2D eigenvalue weighted by molar-refractivity contribution is 5.72. The van der Waals surface area contributed by atoms with Crippen molar-refractivity contribution in [1.82, 2.24) is 0 Å². The first-order valence-electron chi connectivity index (χ1n) is 5.38. The molecule has 1 aromatic carbocycles. The zero-order valence-corrected chi connectivity index (χ0v) is 9.88. The molecule has 0 saturated heterocycles. The number of esters is 1. The zero-order valence-electron chi connectivity index (χ0n) is 9.88. The molecule has 0 heterocycles. The Morgan fingerprint density at radius 3 is 2.41 bits per heavy atom. The fourth-order valence-corrected chi connectivity index (χ4v) is 1.21. The predicted octanol–water partition coefficient (Wildman–Crippen LogP) is 2.34. The quantitative estimate of drug-likeness (QED) is 0.447. The van der Waals surface area contributed by atoms with E-state index in [1.54, 1.807) is 12.1 Å². The Hall–Kier alpha value is -1.91. The second-order valence-corrected chi connectivity index (χ2v) is 4.18. The molecule has 0 unspecified atom stereocenters. The molecule has 0 N–H and O–H groups in total. The van der Waals surface area contributed by atoms with Crippen LogP contribution in [0.3, 0.4) is 0 Å². The summed E-state index contributed by atoms with van der Waals surface area (Å²) in [6, 6.07) is 5.89. The van der Waals surface area contributed by atoms with Gasteiger partial charge in [0.15, 0.2) is 0 Å². The van der Waals surface area contributed by atoms with Crippen molar-refractivity contribution in [3.8, 4) is 0 Å². The first kappa shape index (κ1) is 13.2. The van der Waals surface area contributed by atoms with Gasteiger partial charge in [0.25, 0.3) is 5.69 Å². The van der Waals surface area contributed by atoms with Crippen molar-refractivity contribution < 1.29 is 14.5 Å². The van der Waals surface area contributed by atoms with Crippen molar-refractivity contribution in [2.45, 2.75) is 20.3 Å². The van der Waals surface area contributed by atoms with Crippen LogP contribution < -0.4 is 0 Å². The van der Waals surface area contributed by atoms with E-state index in [0.29, 0.717) is 18.1 Å². The Morgan fingerprint density at radius 1 is 1.35 bits per heavy atom. The molecule has 0 atom stereocenters. The van der Waals surface area contributed by atoms with Gasteiger partial charge < -0.3 is 4.74 Å². The Kier molecular flexibility index (Phi) is 4.63. The lowest BCUT2D eigenvalue weighted by Gasteiger charge is -2.06. The van der Waals surface area contributed by atoms with Gasteiger partial charge in [-0.3, -0.25) is 14.9 Å². The van der Waals surface area contributed by atoms with E-state index in [-0.39, 0.29) is 18.1 Å². The van der Waals surface area contributed by atoms with Gasteiger partial charge in [0.2, 0.25) is 0 Å². The van der Waals surface area contributed by atoms with Crippen LogP contribution >= 0.6 is 0 Å². The van der Waals surface area contributed by atoms with E-state index >= 15 is 0 Å². The average Bonchev–Trinajstić information content (AvgIpc) is 2.27. The number of carbonyl (C=O) groups is 1. The van der Waals surface area contributed by atoms with Crippen LogP contribution in [0.2, 0.25) is 0 Å². The third-order valence-corrected chi connectivity index (χ3v) is 2.07. The summed E-state index contributed by atoms with van der Waals surface area (Å²) >= 11 is 0. The number of nitro groups is 1. The zero-order chi connectivity index (χ0) is 12.8. The number of benzene rings is 1. The van der Waals surface area contributed by atoms with Crippen LogP contribution in [0.1, 0.15) is 19.4 Å². The van der Waals surface area contributed by atoms with Gasteiger partial charge in [0.05, 0.1) is 18.0 Å². The Morgan fingerprint density at radius 2 is 1.94 bits per heavy atom. The molecule has 0 aliphatic carbocycles. The van der Waals surface area contributed by atoms with Crippen LogP contribution in [0.15, 0.2) is 24.3 Å². The van der Waals surface area contributed by atoms with Gasteiger partial charge >= 0.3 is 5.97 Å². The second-order valence-electron chi connectivity index (χ2n) is 4.18. The monoisotopic (exact) mass is 237 g/mol. The molecule has 0 aromatic heterocycles. The van der Waals surface area contributed by atoms with Gasteiger partial charge in [-0.25, -0.2) is 0 Å². The average molecular weight is 237 g/mol. The van der Waals surface area contributed by atoms with E-state index in [1.165, 1.54) is 12.1 Å². The molecule has 17 heavy (non-hydrogen) atoms. The minimum atomic E-state index is -0.471. The molecule has 0 fully saturated rings. The number of carbonyl (C=O) groups excluding carboxylic acids is 1. The predicted molar refractivity (Wildman–Crippen MR) is 62.6 cm³/mol. The van der Waals surface area contributed by atoms with Gasteiger partial charge in [-0.15, -0.1) is 0 Å². The van der Waals surface area contributed by atoms with Crippen molar-refractivity contribution in [1.29, 1.82) is 0 Å². The summed E-state index contributed by atoms with van der Waals surface area (Å²) in [7, 11) is 0. The number of nitro benzene ring substituents is 1. The van der Waals surface area contributed by atoms with Crippen LogP contribution in [-0.2, 0) is 16.0 Å². The van der Waals surface area contributed by atoms with E-state index in [0.717, 1.165) is 0 Å². The second kappa shape index (κ2) is 5.98. The highest BCUT2D eigenvalue weighted by Crippen LogP contribution is 2.12. The molecule has 0 amide bonds. The topological polar surface area (TPSA) is 69.4 Å². The highest BCUT2D eigenvalue weighted by atomic mass is 16.6. The molecule has 0 aliphatic rings. The third-order valence-electron chi connectivity index (χ3n) is 2.07. The van der Waals surface area contributed by atoms with Gasteiger partial charge in [0.1, 0.15) is 0 Å². The Balaban J connectivity index is 2.51.